The number of primary amides is 1. The number of benzene rings is 1. The van der Waals surface area contributed by atoms with Gasteiger partial charge in [0.15, 0.2) is 11.5 Å². The highest BCUT2D eigenvalue weighted by molar-refractivity contribution is 5.96. The van der Waals surface area contributed by atoms with E-state index in [1.54, 1.807) is 25.1 Å². The van der Waals surface area contributed by atoms with E-state index in [9.17, 15) is 4.79 Å². The predicted molar refractivity (Wildman–Crippen MR) is 68.4 cm³/mol. The summed E-state index contributed by atoms with van der Waals surface area (Å²) < 4.78 is 5.10. The first-order valence-electron chi connectivity index (χ1n) is 5.77. The monoisotopic (exact) mass is 270 g/mol. The van der Waals surface area contributed by atoms with Crippen LogP contribution in [0.15, 0.2) is 28.8 Å². The van der Waals surface area contributed by atoms with Crippen LogP contribution in [0.1, 0.15) is 16.3 Å². The number of aromatic nitrogens is 5. The smallest absolute Gasteiger partial charge is 0.271 e. The molecule has 0 fully saturated rings. The van der Waals surface area contributed by atoms with Gasteiger partial charge in [0.05, 0.1) is 0 Å². The topological polar surface area (TPSA) is 124 Å². The SMILES string of the molecule is Cc1noc(-c2cccc(-c3n[nH]nc3C(N)=O)c2)n1. The van der Waals surface area contributed by atoms with Crippen molar-refractivity contribution in [2.75, 3.05) is 0 Å². The van der Waals surface area contributed by atoms with Crippen LogP contribution in [-0.2, 0) is 0 Å². The van der Waals surface area contributed by atoms with Gasteiger partial charge in [0.25, 0.3) is 11.8 Å². The fourth-order valence-corrected chi connectivity index (χ4v) is 1.82. The maximum Gasteiger partial charge on any atom is 0.271 e. The molecule has 2 heterocycles. The van der Waals surface area contributed by atoms with Crippen LogP contribution in [0.25, 0.3) is 22.7 Å². The first kappa shape index (κ1) is 12.0. The molecule has 8 nitrogen and oxygen atoms in total. The molecule has 8 heteroatoms. The molecule has 3 rings (SSSR count). The van der Waals surface area contributed by atoms with E-state index in [0.717, 1.165) is 5.56 Å². The maximum atomic E-state index is 11.3. The number of hydrogen-bond acceptors (Lipinski definition) is 6. The summed E-state index contributed by atoms with van der Waals surface area (Å²) in [5, 5.41) is 13.8. The highest BCUT2D eigenvalue weighted by atomic mass is 16.5. The molecular weight excluding hydrogens is 260 g/mol. The van der Waals surface area contributed by atoms with E-state index in [2.05, 4.69) is 25.6 Å². The van der Waals surface area contributed by atoms with Crippen molar-refractivity contribution in [3.05, 3.63) is 35.8 Å². The molecule has 3 aromatic rings. The van der Waals surface area contributed by atoms with Gasteiger partial charge in [0.2, 0.25) is 0 Å². The number of nitrogens with two attached hydrogens (primary N) is 1. The van der Waals surface area contributed by atoms with E-state index in [1.807, 2.05) is 6.07 Å². The van der Waals surface area contributed by atoms with Gasteiger partial charge in [0.1, 0.15) is 5.69 Å². The van der Waals surface area contributed by atoms with Gasteiger partial charge in [-0.15, -0.1) is 0 Å². The molecule has 0 unspecified atom stereocenters. The summed E-state index contributed by atoms with van der Waals surface area (Å²) >= 11 is 0. The lowest BCUT2D eigenvalue weighted by atomic mass is 10.1. The summed E-state index contributed by atoms with van der Waals surface area (Å²) in [6.45, 7) is 1.74. The minimum Gasteiger partial charge on any atom is -0.364 e. The third-order valence-corrected chi connectivity index (χ3v) is 2.69. The van der Waals surface area contributed by atoms with Crippen molar-refractivity contribution >= 4 is 5.91 Å². The van der Waals surface area contributed by atoms with E-state index in [1.165, 1.54) is 0 Å². The van der Waals surface area contributed by atoms with Gasteiger partial charge in [-0.1, -0.05) is 17.3 Å². The maximum absolute atomic E-state index is 11.3. The Balaban J connectivity index is 2.07. The Morgan fingerprint density at radius 2 is 2.10 bits per heavy atom. The number of rotatable bonds is 3. The lowest BCUT2D eigenvalue weighted by molar-refractivity contribution is 0.0996. The summed E-state index contributed by atoms with van der Waals surface area (Å²) in [4.78, 5) is 15.4. The fourth-order valence-electron chi connectivity index (χ4n) is 1.82. The lowest BCUT2D eigenvalue weighted by Gasteiger charge is -2.00. The van der Waals surface area contributed by atoms with Gasteiger partial charge >= 0.3 is 0 Å². The normalized spacial score (nSPS) is 10.7. The van der Waals surface area contributed by atoms with Gasteiger partial charge in [-0.3, -0.25) is 4.79 Å². The zero-order chi connectivity index (χ0) is 14.1. The van der Waals surface area contributed by atoms with E-state index >= 15 is 0 Å². The van der Waals surface area contributed by atoms with Gasteiger partial charge < -0.3 is 10.3 Å². The van der Waals surface area contributed by atoms with Crippen molar-refractivity contribution in [2.45, 2.75) is 6.92 Å². The first-order chi connectivity index (χ1) is 9.65. The minimum absolute atomic E-state index is 0.0869. The van der Waals surface area contributed by atoms with Crippen molar-refractivity contribution in [2.24, 2.45) is 5.73 Å². The molecule has 0 bridgehead atoms. The number of carbonyl (C=O) groups is 1. The number of nitrogens with zero attached hydrogens (tertiary/aromatic N) is 4. The van der Waals surface area contributed by atoms with Crippen molar-refractivity contribution in [3.8, 4) is 22.7 Å². The molecule has 0 radical (unpaired) electrons. The highest BCUT2D eigenvalue weighted by Gasteiger charge is 2.16. The zero-order valence-corrected chi connectivity index (χ0v) is 10.5. The molecule has 0 spiro atoms. The third-order valence-electron chi connectivity index (χ3n) is 2.69. The Labute approximate surface area is 113 Å². The average molecular weight is 270 g/mol. The molecule has 2 aromatic heterocycles. The molecule has 0 aliphatic rings. The molecule has 1 amide bonds. The van der Waals surface area contributed by atoms with Crippen LogP contribution in [-0.4, -0.2) is 31.5 Å². The molecule has 100 valence electrons. The van der Waals surface area contributed by atoms with Gasteiger partial charge in [0, 0.05) is 11.1 Å². The van der Waals surface area contributed by atoms with Crippen molar-refractivity contribution in [1.82, 2.24) is 25.6 Å². The average Bonchev–Trinajstić information content (AvgIpc) is 3.07. The Bertz CT molecular complexity index is 776. The second-order valence-corrected chi connectivity index (χ2v) is 4.11. The summed E-state index contributed by atoms with van der Waals surface area (Å²) in [7, 11) is 0. The van der Waals surface area contributed by atoms with Gasteiger partial charge in [-0.05, 0) is 19.1 Å². The third kappa shape index (κ3) is 2.03. The lowest BCUT2D eigenvalue weighted by Crippen LogP contribution is -2.12. The summed E-state index contributed by atoms with van der Waals surface area (Å²) in [5.41, 5.74) is 7.12. The second-order valence-electron chi connectivity index (χ2n) is 4.11. The number of aryl methyl sites for hydroxylation is 1. The van der Waals surface area contributed by atoms with Crippen LogP contribution in [0.5, 0.6) is 0 Å². The number of H-pyrrole nitrogens is 1. The predicted octanol–water partition coefficient (Wildman–Crippen LogP) is 0.929. The standard InChI is InChI=1S/C12H10N6O2/c1-6-14-12(20-17-6)8-4-2-3-7(5-8)9-10(11(13)19)16-18-15-9/h2-5H,1H3,(H2,13,19)(H,15,16,18). The fraction of sp³-hybridized carbons (Fsp3) is 0.0833. The molecule has 0 aliphatic carbocycles. The summed E-state index contributed by atoms with van der Waals surface area (Å²) in [5.74, 6) is 0.297. The van der Waals surface area contributed by atoms with Crippen LogP contribution in [0, 0.1) is 6.92 Å². The van der Waals surface area contributed by atoms with Crippen LogP contribution in [0.2, 0.25) is 0 Å². The molecule has 0 saturated carbocycles. The zero-order valence-electron chi connectivity index (χ0n) is 10.5. The van der Waals surface area contributed by atoms with Crippen molar-refractivity contribution < 1.29 is 9.32 Å². The van der Waals surface area contributed by atoms with Crippen LogP contribution in [0.3, 0.4) is 0 Å². The number of carbonyl (C=O) groups excluding carboxylic acids is 1. The largest absolute Gasteiger partial charge is 0.364 e. The minimum atomic E-state index is -0.646. The Morgan fingerprint density at radius 3 is 2.80 bits per heavy atom. The molecule has 20 heavy (non-hydrogen) atoms. The summed E-state index contributed by atoms with van der Waals surface area (Å²) in [6, 6.07) is 7.18. The molecular formula is C12H10N6O2. The molecule has 3 N–H and O–H groups in total. The number of amides is 1. The molecule has 0 atom stereocenters. The molecule has 0 saturated heterocycles. The highest BCUT2D eigenvalue weighted by Crippen LogP contribution is 2.25. The van der Waals surface area contributed by atoms with Gasteiger partial charge in [-0.25, -0.2) is 0 Å². The van der Waals surface area contributed by atoms with Crippen LogP contribution >= 0.6 is 0 Å². The summed E-state index contributed by atoms with van der Waals surface area (Å²) in [6.07, 6.45) is 0. The molecule has 1 aromatic carbocycles. The van der Waals surface area contributed by atoms with E-state index in [-0.39, 0.29) is 5.69 Å². The Morgan fingerprint density at radius 1 is 1.30 bits per heavy atom. The molecule has 0 aliphatic heterocycles. The van der Waals surface area contributed by atoms with E-state index in [0.29, 0.717) is 23.0 Å². The van der Waals surface area contributed by atoms with Crippen LogP contribution < -0.4 is 5.73 Å². The Kier molecular flexibility index (Phi) is 2.75. The van der Waals surface area contributed by atoms with E-state index < -0.39 is 5.91 Å². The number of hydrogen-bond donors (Lipinski definition) is 2. The number of nitrogens with one attached hydrogen (secondary N) is 1. The quantitative estimate of drug-likeness (QED) is 0.729. The first-order valence-corrected chi connectivity index (χ1v) is 5.77. The van der Waals surface area contributed by atoms with E-state index in [4.69, 9.17) is 10.3 Å². The second kappa shape index (κ2) is 4.57. The number of aromatic amines is 1. The van der Waals surface area contributed by atoms with Crippen molar-refractivity contribution in [1.29, 1.82) is 0 Å². The van der Waals surface area contributed by atoms with Gasteiger partial charge in [-0.2, -0.15) is 20.4 Å². The van der Waals surface area contributed by atoms with Crippen molar-refractivity contribution in [3.63, 3.8) is 0 Å². The van der Waals surface area contributed by atoms with Crippen LogP contribution in [0.4, 0.5) is 0 Å². The Hall–Kier alpha value is -3.03.